The van der Waals surface area contributed by atoms with Crippen molar-refractivity contribution >= 4 is 27.7 Å². The van der Waals surface area contributed by atoms with Crippen LogP contribution in [0, 0.1) is 0 Å². The quantitative estimate of drug-likeness (QED) is 0.903. The molecule has 1 aromatic heterocycles. The number of morpholine rings is 1. The van der Waals surface area contributed by atoms with Gasteiger partial charge in [0, 0.05) is 23.8 Å². The zero-order chi connectivity index (χ0) is 14.2. The van der Waals surface area contributed by atoms with Gasteiger partial charge in [-0.25, -0.2) is 9.78 Å². The molecule has 6 heteroatoms. The number of hydrogen-bond acceptors (Lipinski definition) is 4. The highest BCUT2D eigenvalue weighted by atomic mass is 79.9. The highest BCUT2D eigenvalue weighted by molar-refractivity contribution is 9.10. The largest absolute Gasteiger partial charge is 0.478 e. The van der Waals surface area contributed by atoms with Crippen molar-refractivity contribution in [2.75, 3.05) is 18.0 Å². The Bertz CT molecular complexity index is 505. The van der Waals surface area contributed by atoms with Crippen molar-refractivity contribution in [2.24, 2.45) is 0 Å². The average molecular weight is 329 g/mol. The summed E-state index contributed by atoms with van der Waals surface area (Å²) in [5.74, 6) is -0.473. The van der Waals surface area contributed by atoms with Crippen LogP contribution in [0.3, 0.4) is 0 Å². The van der Waals surface area contributed by atoms with Gasteiger partial charge in [0.25, 0.3) is 0 Å². The molecule has 1 fully saturated rings. The lowest BCUT2D eigenvalue weighted by Gasteiger charge is -2.42. The number of hydrogen-bond donors (Lipinski definition) is 1. The van der Waals surface area contributed by atoms with Crippen LogP contribution in [0.15, 0.2) is 16.7 Å². The molecule has 104 valence electrons. The van der Waals surface area contributed by atoms with E-state index in [9.17, 15) is 9.90 Å². The summed E-state index contributed by atoms with van der Waals surface area (Å²) in [6.45, 7) is 7.22. The minimum atomic E-state index is -0.972. The maximum atomic E-state index is 11.3. The summed E-state index contributed by atoms with van der Waals surface area (Å²) in [7, 11) is 0. The molecule has 1 aromatic rings. The predicted molar refractivity (Wildman–Crippen MR) is 75.7 cm³/mol. The minimum Gasteiger partial charge on any atom is -0.478 e. The summed E-state index contributed by atoms with van der Waals surface area (Å²) in [5.41, 5.74) is -0.110. The number of aromatic nitrogens is 1. The highest BCUT2D eigenvalue weighted by Crippen LogP contribution is 2.28. The van der Waals surface area contributed by atoms with Crippen LogP contribution in [-0.4, -0.2) is 40.9 Å². The maximum absolute atomic E-state index is 11.3. The zero-order valence-electron chi connectivity index (χ0n) is 11.2. The van der Waals surface area contributed by atoms with Crippen LogP contribution in [0.25, 0.3) is 0 Å². The summed E-state index contributed by atoms with van der Waals surface area (Å²) in [6, 6.07) is 1.58. The van der Waals surface area contributed by atoms with Gasteiger partial charge in [-0.3, -0.25) is 0 Å². The van der Waals surface area contributed by atoms with E-state index < -0.39 is 5.97 Å². The molecule has 19 heavy (non-hydrogen) atoms. The van der Waals surface area contributed by atoms with Crippen molar-refractivity contribution in [2.45, 2.75) is 32.5 Å². The summed E-state index contributed by atoms with van der Waals surface area (Å²) in [4.78, 5) is 17.6. The van der Waals surface area contributed by atoms with Gasteiger partial charge in [0.1, 0.15) is 11.4 Å². The number of ether oxygens (including phenoxy) is 1. The number of carbonyl (C=O) groups is 1. The van der Waals surface area contributed by atoms with Crippen molar-refractivity contribution < 1.29 is 14.6 Å². The summed E-state index contributed by atoms with van der Waals surface area (Å²) in [5, 5.41) is 9.30. The Labute approximate surface area is 120 Å². The van der Waals surface area contributed by atoms with E-state index in [0.717, 1.165) is 0 Å². The second-order valence-corrected chi connectivity index (χ2v) is 6.31. The molecule has 0 radical (unpaired) electrons. The number of anilines is 1. The predicted octanol–water partition coefficient (Wildman–Crippen LogP) is 2.55. The standard InChI is InChI=1S/C13H17BrN2O3/c1-8-6-16(7-13(2,3)19-8)11-10(12(17)18)4-9(14)5-15-11/h4-5,8H,6-7H2,1-3H3,(H,17,18). The molecule has 1 saturated heterocycles. The first kappa shape index (κ1) is 14.3. The summed E-state index contributed by atoms with van der Waals surface area (Å²) >= 11 is 3.25. The van der Waals surface area contributed by atoms with Gasteiger partial charge in [-0.05, 0) is 42.8 Å². The monoisotopic (exact) mass is 328 g/mol. The molecule has 0 bridgehead atoms. The van der Waals surface area contributed by atoms with Crippen molar-refractivity contribution in [1.82, 2.24) is 4.98 Å². The van der Waals surface area contributed by atoms with E-state index in [1.807, 2.05) is 25.7 Å². The third kappa shape index (κ3) is 3.25. The Morgan fingerprint density at radius 2 is 2.32 bits per heavy atom. The third-order valence-corrected chi connectivity index (χ3v) is 3.37. The van der Waals surface area contributed by atoms with Gasteiger partial charge in [0.15, 0.2) is 0 Å². The fourth-order valence-corrected chi connectivity index (χ4v) is 2.79. The normalized spacial score (nSPS) is 22.3. The molecule has 0 aromatic carbocycles. The lowest BCUT2D eigenvalue weighted by atomic mass is 10.0. The number of carboxylic acids is 1. The van der Waals surface area contributed by atoms with Crippen LogP contribution < -0.4 is 4.90 Å². The van der Waals surface area contributed by atoms with Crippen molar-refractivity contribution in [3.8, 4) is 0 Å². The maximum Gasteiger partial charge on any atom is 0.339 e. The van der Waals surface area contributed by atoms with Gasteiger partial charge in [0.05, 0.1) is 11.7 Å². The molecule has 1 unspecified atom stereocenters. The molecule has 5 nitrogen and oxygen atoms in total. The Morgan fingerprint density at radius 1 is 1.63 bits per heavy atom. The van der Waals surface area contributed by atoms with Crippen LogP contribution in [0.5, 0.6) is 0 Å². The van der Waals surface area contributed by atoms with Crippen LogP contribution in [0.1, 0.15) is 31.1 Å². The van der Waals surface area contributed by atoms with E-state index in [1.165, 1.54) is 0 Å². The summed E-state index contributed by atoms with van der Waals surface area (Å²) in [6.07, 6.45) is 1.66. The number of rotatable bonds is 2. The summed E-state index contributed by atoms with van der Waals surface area (Å²) < 4.78 is 6.48. The highest BCUT2D eigenvalue weighted by Gasteiger charge is 2.33. The molecule has 1 atom stereocenters. The molecule has 0 aliphatic carbocycles. The molecule has 1 aliphatic heterocycles. The molecule has 0 spiro atoms. The SMILES string of the molecule is CC1CN(c2ncc(Br)cc2C(=O)O)CC(C)(C)O1. The third-order valence-electron chi connectivity index (χ3n) is 2.93. The number of halogens is 1. The molecular weight excluding hydrogens is 312 g/mol. The molecule has 2 rings (SSSR count). The number of pyridine rings is 1. The van der Waals surface area contributed by atoms with Crippen molar-refractivity contribution in [1.29, 1.82) is 0 Å². The van der Waals surface area contributed by atoms with Crippen LogP contribution in [0.4, 0.5) is 5.82 Å². The second kappa shape index (κ2) is 5.09. The molecule has 0 amide bonds. The zero-order valence-corrected chi connectivity index (χ0v) is 12.8. The number of carboxylic acid groups (broad SMARTS) is 1. The fraction of sp³-hybridized carbons (Fsp3) is 0.538. The first-order valence-corrected chi connectivity index (χ1v) is 6.89. The second-order valence-electron chi connectivity index (χ2n) is 5.40. The molecular formula is C13H17BrN2O3. The van der Waals surface area contributed by atoms with E-state index in [1.54, 1.807) is 12.3 Å². The first-order valence-electron chi connectivity index (χ1n) is 6.10. The lowest BCUT2D eigenvalue weighted by molar-refractivity contribution is -0.0752. The van der Waals surface area contributed by atoms with Crippen molar-refractivity contribution in [3.63, 3.8) is 0 Å². The van der Waals surface area contributed by atoms with Gasteiger partial charge >= 0.3 is 5.97 Å². The van der Waals surface area contributed by atoms with Crippen LogP contribution in [0.2, 0.25) is 0 Å². The van der Waals surface area contributed by atoms with Gasteiger partial charge in [-0.2, -0.15) is 0 Å². The average Bonchev–Trinajstić information content (AvgIpc) is 2.25. The minimum absolute atomic E-state index is 0.0378. The first-order chi connectivity index (χ1) is 8.78. The van der Waals surface area contributed by atoms with E-state index in [-0.39, 0.29) is 17.3 Å². The Morgan fingerprint density at radius 3 is 2.89 bits per heavy atom. The molecule has 0 saturated carbocycles. The van der Waals surface area contributed by atoms with Crippen molar-refractivity contribution in [3.05, 3.63) is 22.3 Å². The molecule has 1 N–H and O–H groups in total. The van der Waals surface area contributed by atoms with Crippen LogP contribution in [-0.2, 0) is 4.74 Å². The Balaban J connectivity index is 2.38. The number of aromatic carboxylic acids is 1. The van der Waals surface area contributed by atoms with E-state index >= 15 is 0 Å². The van der Waals surface area contributed by atoms with Gasteiger partial charge < -0.3 is 14.7 Å². The van der Waals surface area contributed by atoms with Crippen LogP contribution >= 0.6 is 15.9 Å². The van der Waals surface area contributed by atoms with Gasteiger partial charge in [-0.1, -0.05) is 0 Å². The van der Waals surface area contributed by atoms with Gasteiger partial charge in [0.2, 0.25) is 0 Å². The van der Waals surface area contributed by atoms with Gasteiger partial charge in [-0.15, -0.1) is 0 Å². The van der Waals surface area contributed by atoms with E-state index in [0.29, 0.717) is 23.4 Å². The smallest absolute Gasteiger partial charge is 0.339 e. The number of nitrogens with zero attached hydrogens (tertiary/aromatic N) is 2. The van der Waals surface area contributed by atoms with E-state index in [2.05, 4.69) is 20.9 Å². The van der Waals surface area contributed by atoms with E-state index in [4.69, 9.17) is 4.74 Å². The molecule has 2 heterocycles. The molecule has 1 aliphatic rings. The Hall–Kier alpha value is -1.14. The topological polar surface area (TPSA) is 62.7 Å². The fourth-order valence-electron chi connectivity index (χ4n) is 2.46. The lowest BCUT2D eigenvalue weighted by Crippen LogP contribution is -2.52. The Kier molecular flexibility index (Phi) is 3.82.